The number of benzene rings is 1. The number of piperidine rings is 1. The van der Waals surface area contributed by atoms with Crippen LogP contribution in [-0.4, -0.2) is 30.9 Å². The summed E-state index contributed by atoms with van der Waals surface area (Å²) in [6.07, 6.45) is 1.83. The number of halogens is 1. The molecule has 3 nitrogen and oxygen atoms in total. The molecule has 1 atom stereocenters. The molecule has 24 heavy (non-hydrogen) atoms. The SMILES string of the molecule is COc1ccc(F)cc1C(=O)[C@H]1CCCN(Cc2ccc(C)s2)C1. The zero-order chi connectivity index (χ0) is 17.1. The molecule has 2 heterocycles. The average molecular weight is 347 g/mol. The van der Waals surface area contributed by atoms with Gasteiger partial charge in [-0.2, -0.15) is 0 Å². The van der Waals surface area contributed by atoms with Gasteiger partial charge in [-0.1, -0.05) is 0 Å². The summed E-state index contributed by atoms with van der Waals surface area (Å²) in [5.41, 5.74) is 0.358. The molecule has 2 aromatic rings. The van der Waals surface area contributed by atoms with E-state index in [2.05, 4.69) is 24.0 Å². The Morgan fingerprint density at radius 2 is 2.21 bits per heavy atom. The zero-order valence-corrected chi connectivity index (χ0v) is 14.9. The molecule has 5 heteroatoms. The summed E-state index contributed by atoms with van der Waals surface area (Å²) in [7, 11) is 1.51. The van der Waals surface area contributed by atoms with Crippen LogP contribution in [0.15, 0.2) is 30.3 Å². The Bertz CT molecular complexity index is 728. The lowest BCUT2D eigenvalue weighted by molar-refractivity contribution is 0.0809. The molecule has 1 aromatic carbocycles. The summed E-state index contributed by atoms with van der Waals surface area (Å²) in [6, 6.07) is 8.42. The number of carbonyl (C=O) groups is 1. The largest absolute Gasteiger partial charge is 0.496 e. The number of aryl methyl sites for hydroxylation is 1. The Kier molecular flexibility index (Phi) is 5.31. The van der Waals surface area contributed by atoms with Gasteiger partial charge in [0.25, 0.3) is 0 Å². The fraction of sp³-hybridized carbons (Fsp3) is 0.421. The molecule has 0 bridgehead atoms. The highest BCUT2D eigenvalue weighted by Crippen LogP contribution is 2.28. The van der Waals surface area contributed by atoms with Crippen molar-refractivity contribution in [1.82, 2.24) is 4.90 Å². The van der Waals surface area contributed by atoms with Crippen molar-refractivity contribution in [3.63, 3.8) is 0 Å². The quantitative estimate of drug-likeness (QED) is 0.755. The van der Waals surface area contributed by atoms with E-state index in [0.717, 1.165) is 32.5 Å². The molecule has 3 rings (SSSR count). The van der Waals surface area contributed by atoms with Gasteiger partial charge >= 0.3 is 0 Å². The van der Waals surface area contributed by atoms with E-state index >= 15 is 0 Å². The summed E-state index contributed by atoms with van der Waals surface area (Å²) in [6.45, 7) is 4.70. The van der Waals surface area contributed by atoms with Crippen LogP contribution in [-0.2, 0) is 6.54 Å². The highest BCUT2D eigenvalue weighted by atomic mass is 32.1. The maximum atomic E-state index is 13.6. The second-order valence-electron chi connectivity index (χ2n) is 6.30. The number of rotatable bonds is 5. The van der Waals surface area contributed by atoms with E-state index in [9.17, 15) is 9.18 Å². The van der Waals surface area contributed by atoms with Gasteiger partial charge in [0, 0.05) is 28.8 Å². The lowest BCUT2D eigenvalue weighted by Gasteiger charge is -2.31. The lowest BCUT2D eigenvalue weighted by Crippen LogP contribution is -2.38. The number of thiophene rings is 1. The fourth-order valence-electron chi connectivity index (χ4n) is 3.30. The van der Waals surface area contributed by atoms with E-state index in [-0.39, 0.29) is 11.7 Å². The normalized spacial score (nSPS) is 18.5. The van der Waals surface area contributed by atoms with E-state index in [1.807, 2.05) is 0 Å². The van der Waals surface area contributed by atoms with Gasteiger partial charge in [-0.25, -0.2) is 4.39 Å². The number of Topliss-reactive ketones (excluding diaryl/α,β-unsaturated/α-hetero) is 1. The molecule has 1 fully saturated rings. The first-order chi connectivity index (χ1) is 11.6. The topological polar surface area (TPSA) is 29.5 Å². The Morgan fingerprint density at radius 1 is 1.38 bits per heavy atom. The number of methoxy groups -OCH3 is 1. The summed E-state index contributed by atoms with van der Waals surface area (Å²) < 4.78 is 18.8. The van der Waals surface area contributed by atoms with Crippen molar-refractivity contribution in [3.8, 4) is 5.75 Å². The van der Waals surface area contributed by atoms with Crippen LogP contribution in [0, 0.1) is 18.7 Å². The van der Waals surface area contributed by atoms with Crippen LogP contribution in [0.2, 0.25) is 0 Å². The van der Waals surface area contributed by atoms with Crippen LogP contribution in [0.3, 0.4) is 0 Å². The van der Waals surface area contributed by atoms with Gasteiger partial charge in [-0.15, -0.1) is 11.3 Å². The molecule has 0 spiro atoms. The van der Waals surface area contributed by atoms with Crippen LogP contribution in [0.5, 0.6) is 5.75 Å². The van der Waals surface area contributed by atoms with Crippen molar-refractivity contribution in [1.29, 1.82) is 0 Å². The minimum absolute atomic E-state index is 0.0154. The molecular formula is C19H22FNO2S. The average Bonchev–Trinajstić information content (AvgIpc) is 2.99. The predicted octanol–water partition coefficient (Wildman–Crippen LogP) is 4.30. The van der Waals surface area contributed by atoms with E-state index in [1.54, 1.807) is 11.3 Å². The van der Waals surface area contributed by atoms with Gasteiger partial charge in [-0.3, -0.25) is 9.69 Å². The van der Waals surface area contributed by atoms with Gasteiger partial charge < -0.3 is 4.74 Å². The van der Waals surface area contributed by atoms with E-state index < -0.39 is 5.82 Å². The van der Waals surface area contributed by atoms with Gasteiger partial charge in [0.1, 0.15) is 11.6 Å². The molecule has 0 N–H and O–H groups in total. The molecule has 1 aliphatic heterocycles. The minimum Gasteiger partial charge on any atom is -0.496 e. The maximum Gasteiger partial charge on any atom is 0.171 e. The molecule has 1 aliphatic rings. The number of hydrogen-bond donors (Lipinski definition) is 0. The van der Waals surface area contributed by atoms with Crippen LogP contribution in [0.1, 0.15) is 33.0 Å². The van der Waals surface area contributed by atoms with Crippen molar-refractivity contribution < 1.29 is 13.9 Å². The lowest BCUT2D eigenvalue weighted by atomic mass is 9.89. The van der Waals surface area contributed by atoms with Gasteiger partial charge in [-0.05, 0) is 56.6 Å². The summed E-state index contributed by atoms with van der Waals surface area (Å²) in [4.78, 5) is 17.8. The predicted molar refractivity (Wildman–Crippen MR) is 94.3 cm³/mol. The first kappa shape index (κ1) is 17.1. The highest BCUT2D eigenvalue weighted by molar-refractivity contribution is 7.11. The van der Waals surface area contributed by atoms with Crippen molar-refractivity contribution in [2.24, 2.45) is 5.92 Å². The number of ether oxygens (including phenoxy) is 1. The molecule has 0 saturated carbocycles. The molecule has 0 amide bonds. The summed E-state index contributed by atoms with van der Waals surface area (Å²) in [5, 5.41) is 0. The Balaban J connectivity index is 1.72. The maximum absolute atomic E-state index is 13.6. The molecule has 0 unspecified atom stereocenters. The molecule has 0 aliphatic carbocycles. The first-order valence-corrected chi connectivity index (χ1v) is 9.04. The third-order valence-electron chi connectivity index (χ3n) is 4.48. The van der Waals surface area contributed by atoms with Crippen LogP contribution in [0.4, 0.5) is 4.39 Å². The van der Waals surface area contributed by atoms with E-state index in [1.165, 1.54) is 35.1 Å². The Labute approximate surface area is 146 Å². The third-order valence-corrected chi connectivity index (χ3v) is 5.46. The second-order valence-corrected chi connectivity index (χ2v) is 7.67. The number of nitrogens with zero attached hydrogens (tertiary/aromatic N) is 1. The van der Waals surface area contributed by atoms with Gasteiger partial charge in [0.2, 0.25) is 0 Å². The minimum atomic E-state index is -0.402. The standard InChI is InChI=1S/C19H22FNO2S/c1-13-5-7-16(24-13)12-21-9-3-4-14(11-21)19(22)17-10-15(20)6-8-18(17)23-2/h5-8,10,14H,3-4,9,11-12H2,1-2H3/t14-/m0/s1. The van der Waals surface area contributed by atoms with Gasteiger partial charge in [0.15, 0.2) is 5.78 Å². The molecule has 128 valence electrons. The molecule has 0 radical (unpaired) electrons. The van der Waals surface area contributed by atoms with Crippen LogP contribution >= 0.6 is 11.3 Å². The zero-order valence-electron chi connectivity index (χ0n) is 14.0. The molecular weight excluding hydrogens is 325 g/mol. The number of carbonyl (C=O) groups excluding carboxylic acids is 1. The Morgan fingerprint density at radius 3 is 2.92 bits per heavy atom. The van der Waals surface area contributed by atoms with Crippen molar-refractivity contribution in [2.45, 2.75) is 26.3 Å². The second kappa shape index (κ2) is 7.45. The smallest absolute Gasteiger partial charge is 0.171 e. The van der Waals surface area contributed by atoms with Crippen molar-refractivity contribution >= 4 is 17.1 Å². The fourth-order valence-corrected chi connectivity index (χ4v) is 4.23. The summed E-state index contributed by atoms with van der Waals surface area (Å²) in [5.74, 6) is -0.0674. The van der Waals surface area contributed by atoms with Crippen molar-refractivity contribution in [2.75, 3.05) is 20.2 Å². The van der Waals surface area contributed by atoms with E-state index in [4.69, 9.17) is 4.74 Å². The number of likely N-dealkylation sites (tertiary alicyclic amines) is 1. The Hall–Kier alpha value is -1.72. The molecule has 1 aromatic heterocycles. The van der Waals surface area contributed by atoms with Crippen LogP contribution in [0.25, 0.3) is 0 Å². The third kappa shape index (κ3) is 3.84. The van der Waals surface area contributed by atoms with Crippen molar-refractivity contribution in [3.05, 3.63) is 51.5 Å². The van der Waals surface area contributed by atoms with E-state index in [0.29, 0.717) is 11.3 Å². The number of ketones is 1. The highest BCUT2D eigenvalue weighted by Gasteiger charge is 2.28. The first-order valence-electron chi connectivity index (χ1n) is 8.22. The summed E-state index contributed by atoms with van der Waals surface area (Å²) >= 11 is 1.80. The monoisotopic (exact) mass is 347 g/mol. The van der Waals surface area contributed by atoms with Crippen LogP contribution < -0.4 is 4.74 Å². The van der Waals surface area contributed by atoms with Gasteiger partial charge in [0.05, 0.1) is 12.7 Å². The molecule has 1 saturated heterocycles. The number of hydrogen-bond acceptors (Lipinski definition) is 4.